The minimum Gasteiger partial charge on any atom is -0.467 e. The van der Waals surface area contributed by atoms with Crippen LogP contribution in [0.25, 0.3) is 22.0 Å². The molecule has 0 spiro atoms. The number of aromatic nitrogens is 1. The first kappa shape index (κ1) is 21.9. The molecule has 1 atom stereocenters. The average Bonchev–Trinajstić information content (AvgIpc) is 3.56. The van der Waals surface area contributed by atoms with Crippen LogP contribution in [-0.4, -0.2) is 34.3 Å². The number of rotatable bonds is 6. The van der Waals surface area contributed by atoms with Crippen LogP contribution in [-0.2, 0) is 22.6 Å². The third-order valence-electron chi connectivity index (χ3n) is 6.48. The zero-order valence-corrected chi connectivity index (χ0v) is 19.2. The molecule has 172 valence electrons. The quantitative estimate of drug-likeness (QED) is 0.461. The van der Waals surface area contributed by atoms with E-state index in [9.17, 15) is 9.59 Å². The molecule has 0 aliphatic carbocycles. The maximum absolute atomic E-state index is 13.5. The molecule has 6 heteroatoms. The minimum absolute atomic E-state index is 0.0481. The van der Waals surface area contributed by atoms with Crippen molar-refractivity contribution in [1.29, 1.82) is 0 Å². The van der Waals surface area contributed by atoms with Gasteiger partial charge in [-0.1, -0.05) is 48.5 Å². The minimum atomic E-state index is -0.462. The first-order valence-corrected chi connectivity index (χ1v) is 11.6. The number of pyridine rings is 1. The normalized spacial score (nSPS) is 15.6. The molecule has 2 aromatic heterocycles. The molecule has 6 nitrogen and oxygen atoms in total. The summed E-state index contributed by atoms with van der Waals surface area (Å²) in [6, 6.07) is 21.3. The van der Waals surface area contributed by atoms with Crippen LogP contribution in [0.15, 0.2) is 77.4 Å². The van der Waals surface area contributed by atoms with Gasteiger partial charge in [0.05, 0.1) is 24.7 Å². The van der Waals surface area contributed by atoms with Crippen molar-refractivity contribution >= 4 is 22.7 Å². The van der Waals surface area contributed by atoms with Gasteiger partial charge in [-0.05, 0) is 54.7 Å². The number of carbonyl (C=O) groups is 2. The van der Waals surface area contributed by atoms with Crippen LogP contribution in [0.5, 0.6) is 0 Å². The number of amides is 2. The Bertz CT molecular complexity index is 1320. The van der Waals surface area contributed by atoms with Crippen LogP contribution in [0.4, 0.5) is 0 Å². The fourth-order valence-electron chi connectivity index (χ4n) is 4.82. The Morgan fingerprint density at radius 2 is 1.85 bits per heavy atom. The van der Waals surface area contributed by atoms with Gasteiger partial charge in [0.1, 0.15) is 11.8 Å². The summed E-state index contributed by atoms with van der Waals surface area (Å²) in [6.07, 6.45) is 3.26. The second-order valence-corrected chi connectivity index (χ2v) is 8.65. The Labute approximate surface area is 198 Å². The van der Waals surface area contributed by atoms with Gasteiger partial charge in [0.15, 0.2) is 0 Å². The summed E-state index contributed by atoms with van der Waals surface area (Å²) in [5.74, 6) is 0.501. The van der Waals surface area contributed by atoms with Gasteiger partial charge in [-0.2, -0.15) is 0 Å². The molecule has 2 aromatic carbocycles. The summed E-state index contributed by atoms with van der Waals surface area (Å²) >= 11 is 0. The van der Waals surface area contributed by atoms with Gasteiger partial charge in [0.2, 0.25) is 11.8 Å². The molecule has 3 heterocycles. The van der Waals surface area contributed by atoms with E-state index >= 15 is 0 Å². The second-order valence-electron chi connectivity index (χ2n) is 8.65. The zero-order chi connectivity index (χ0) is 23.5. The number of fused-ring (bicyclic) bond motifs is 1. The van der Waals surface area contributed by atoms with Gasteiger partial charge in [-0.15, -0.1) is 0 Å². The van der Waals surface area contributed by atoms with Crippen molar-refractivity contribution in [3.63, 3.8) is 0 Å². The predicted molar refractivity (Wildman–Crippen MR) is 131 cm³/mol. The van der Waals surface area contributed by atoms with Gasteiger partial charge >= 0.3 is 0 Å². The number of benzene rings is 2. The Balaban J connectivity index is 1.43. The number of likely N-dealkylation sites (tertiary alicyclic amines) is 1. The van der Waals surface area contributed by atoms with E-state index in [1.54, 1.807) is 17.2 Å². The zero-order valence-electron chi connectivity index (χ0n) is 19.2. The van der Waals surface area contributed by atoms with Crippen molar-refractivity contribution in [3.05, 3.63) is 90.0 Å². The van der Waals surface area contributed by atoms with E-state index in [1.807, 2.05) is 49.4 Å². The van der Waals surface area contributed by atoms with Crippen LogP contribution in [0.3, 0.4) is 0 Å². The third kappa shape index (κ3) is 4.31. The first-order chi connectivity index (χ1) is 16.6. The van der Waals surface area contributed by atoms with Crippen molar-refractivity contribution < 1.29 is 14.0 Å². The number of hydrogen-bond acceptors (Lipinski definition) is 4. The highest BCUT2D eigenvalue weighted by Gasteiger charge is 2.34. The number of furan rings is 1. The molecule has 0 bridgehead atoms. The maximum atomic E-state index is 13.5. The van der Waals surface area contributed by atoms with Crippen molar-refractivity contribution in [2.75, 3.05) is 6.54 Å². The highest BCUT2D eigenvalue weighted by Crippen LogP contribution is 2.34. The lowest BCUT2D eigenvalue weighted by molar-refractivity contribution is -0.138. The summed E-state index contributed by atoms with van der Waals surface area (Å²) in [6.45, 7) is 2.85. The van der Waals surface area contributed by atoms with Gasteiger partial charge < -0.3 is 14.6 Å². The van der Waals surface area contributed by atoms with Gasteiger partial charge in [0, 0.05) is 17.6 Å². The van der Waals surface area contributed by atoms with Gasteiger partial charge in [-0.3, -0.25) is 14.6 Å². The summed E-state index contributed by atoms with van der Waals surface area (Å²) < 4.78 is 5.30. The smallest absolute Gasteiger partial charge is 0.243 e. The molecule has 0 saturated carbocycles. The second kappa shape index (κ2) is 9.51. The van der Waals surface area contributed by atoms with Crippen LogP contribution in [0.2, 0.25) is 0 Å². The standard InChI is InChI=1S/C28H27N3O3/c1-19-23(27(20-9-3-2-4-10-20)22-12-5-6-13-24(22)30-19)17-26(32)31-15-7-14-25(31)28(33)29-18-21-11-8-16-34-21/h2-6,8-13,16,25H,7,14-15,17-18H2,1H3,(H,29,33). The SMILES string of the molecule is Cc1nc2ccccc2c(-c2ccccc2)c1CC(=O)N1CCCC1C(=O)NCc1ccco1. The van der Waals surface area contributed by atoms with E-state index in [-0.39, 0.29) is 18.2 Å². The molecule has 0 radical (unpaired) electrons. The topological polar surface area (TPSA) is 75.4 Å². The molecule has 1 N–H and O–H groups in total. The molecule has 1 fully saturated rings. The van der Waals surface area contributed by atoms with E-state index < -0.39 is 6.04 Å². The lowest BCUT2D eigenvalue weighted by Gasteiger charge is -2.25. The molecule has 1 saturated heterocycles. The van der Waals surface area contributed by atoms with E-state index in [0.29, 0.717) is 25.3 Å². The Morgan fingerprint density at radius 1 is 1.06 bits per heavy atom. The van der Waals surface area contributed by atoms with Crippen LogP contribution in [0.1, 0.15) is 29.9 Å². The van der Waals surface area contributed by atoms with Crippen LogP contribution < -0.4 is 5.32 Å². The van der Waals surface area contributed by atoms with E-state index in [4.69, 9.17) is 9.40 Å². The fraction of sp³-hybridized carbons (Fsp3) is 0.250. The lowest BCUT2D eigenvalue weighted by atomic mass is 9.92. The summed E-state index contributed by atoms with van der Waals surface area (Å²) in [7, 11) is 0. The van der Waals surface area contributed by atoms with Gasteiger partial charge in [-0.25, -0.2) is 0 Å². The number of nitrogens with one attached hydrogen (secondary N) is 1. The van der Waals surface area contributed by atoms with Crippen LogP contribution >= 0.6 is 0 Å². The average molecular weight is 454 g/mol. The largest absolute Gasteiger partial charge is 0.467 e. The number of hydrogen-bond donors (Lipinski definition) is 1. The Hall–Kier alpha value is -3.93. The van der Waals surface area contributed by atoms with Crippen molar-refractivity contribution in [1.82, 2.24) is 15.2 Å². The monoisotopic (exact) mass is 453 g/mol. The fourth-order valence-corrected chi connectivity index (χ4v) is 4.82. The number of para-hydroxylation sites is 1. The highest BCUT2D eigenvalue weighted by atomic mass is 16.3. The highest BCUT2D eigenvalue weighted by molar-refractivity contribution is 5.98. The summed E-state index contributed by atoms with van der Waals surface area (Å²) in [4.78, 5) is 32.9. The molecular formula is C28H27N3O3. The van der Waals surface area contributed by atoms with E-state index in [0.717, 1.165) is 39.7 Å². The van der Waals surface area contributed by atoms with E-state index in [1.165, 1.54) is 0 Å². The number of nitrogens with zero attached hydrogens (tertiary/aromatic N) is 2. The molecule has 1 aliphatic rings. The molecule has 4 aromatic rings. The van der Waals surface area contributed by atoms with E-state index in [2.05, 4.69) is 23.5 Å². The Morgan fingerprint density at radius 3 is 2.65 bits per heavy atom. The number of carbonyl (C=O) groups excluding carboxylic acids is 2. The van der Waals surface area contributed by atoms with Crippen LogP contribution in [0, 0.1) is 6.92 Å². The predicted octanol–water partition coefficient (Wildman–Crippen LogP) is 4.65. The molecular weight excluding hydrogens is 426 g/mol. The summed E-state index contributed by atoms with van der Waals surface area (Å²) in [5, 5.41) is 3.93. The molecule has 1 aliphatic heterocycles. The lowest BCUT2D eigenvalue weighted by Crippen LogP contribution is -2.46. The first-order valence-electron chi connectivity index (χ1n) is 11.6. The Kier molecular flexibility index (Phi) is 6.12. The van der Waals surface area contributed by atoms with Crippen molar-refractivity contribution in [2.45, 2.75) is 38.8 Å². The van der Waals surface area contributed by atoms with Crippen molar-refractivity contribution in [2.24, 2.45) is 0 Å². The number of aryl methyl sites for hydroxylation is 1. The molecule has 2 amide bonds. The third-order valence-corrected chi connectivity index (χ3v) is 6.48. The van der Waals surface area contributed by atoms with Crippen molar-refractivity contribution in [3.8, 4) is 11.1 Å². The maximum Gasteiger partial charge on any atom is 0.243 e. The summed E-state index contributed by atoms with van der Waals surface area (Å²) in [5.41, 5.74) is 4.75. The molecule has 34 heavy (non-hydrogen) atoms. The molecule has 1 unspecified atom stereocenters. The molecule has 5 rings (SSSR count). The van der Waals surface area contributed by atoms with Gasteiger partial charge in [0.25, 0.3) is 0 Å².